The zero-order chi connectivity index (χ0) is 9.90. The lowest BCUT2D eigenvalue weighted by Crippen LogP contribution is -2.06. The molecule has 0 saturated heterocycles. The van der Waals surface area contributed by atoms with Crippen LogP contribution in [0, 0.1) is 6.92 Å². The lowest BCUT2D eigenvalue weighted by Gasteiger charge is -1.94. The Morgan fingerprint density at radius 2 is 2.08 bits per heavy atom. The van der Waals surface area contributed by atoms with Crippen LogP contribution in [-0.2, 0) is 10.0 Å². The number of hydrogen-bond donors (Lipinski definition) is 1. The number of sulfonamides is 1. The highest BCUT2D eigenvalue weighted by molar-refractivity contribution is 7.92. The van der Waals surface area contributed by atoms with E-state index in [0.29, 0.717) is 0 Å². The molecule has 0 bridgehead atoms. The Balaban J connectivity index is 2.93. The van der Waals surface area contributed by atoms with Gasteiger partial charge in [-0.2, -0.15) is 0 Å². The number of rotatable bonds is 2. The first-order valence-electron chi connectivity index (χ1n) is 3.75. The van der Waals surface area contributed by atoms with Crippen LogP contribution in [0.2, 0.25) is 0 Å². The van der Waals surface area contributed by atoms with Gasteiger partial charge in [0.25, 0.3) is 0 Å². The summed E-state index contributed by atoms with van der Waals surface area (Å²) in [5.41, 5.74) is 1.91. The van der Waals surface area contributed by atoms with Crippen molar-refractivity contribution in [2.24, 2.45) is 5.14 Å². The summed E-state index contributed by atoms with van der Waals surface area (Å²) >= 11 is 0. The predicted octanol–water partition coefficient (Wildman–Crippen LogP) is 1.25. The van der Waals surface area contributed by atoms with E-state index >= 15 is 0 Å². The highest BCUT2D eigenvalue weighted by Crippen LogP contribution is 2.05. The van der Waals surface area contributed by atoms with Crippen molar-refractivity contribution >= 4 is 16.1 Å². The fourth-order valence-electron chi connectivity index (χ4n) is 0.947. The second-order valence-electron chi connectivity index (χ2n) is 2.81. The molecule has 4 heteroatoms. The van der Waals surface area contributed by atoms with E-state index in [0.717, 1.165) is 16.5 Å². The van der Waals surface area contributed by atoms with Gasteiger partial charge < -0.3 is 0 Å². The molecule has 2 N–H and O–H groups in total. The molecular weight excluding hydrogens is 186 g/mol. The highest BCUT2D eigenvalue weighted by Gasteiger charge is 1.93. The first-order chi connectivity index (χ1) is 5.97. The highest BCUT2D eigenvalue weighted by atomic mass is 32.2. The van der Waals surface area contributed by atoms with E-state index in [1.165, 1.54) is 6.08 Å². The molecule has 0 radical (unpaired) electrons. The lowest BCUT2D eigenvalue weighted by atomic mass is 10.1. The molecule has 0 amide bonds. The van der Waals surface area contributed by atoms with Gasteiger partial charge in [0.15, 0.2) is 0 Å². The van der Waals surface area contributed by atoms with Gasteiger partial charge in [-0.1, -0.05) is 29.8 Å². The van der Waals surface area contributed by atoms with Crippen molar-refractivity contribution in [2.75, 3.05) is 0 Å². The van der Waals surface area contributed by atoms with Gasteiger partial charge in [-0.15, -0.1) is 0 Å². The Morgan fingerprint density at radius 1 is 1.38 bits per heavy atom. The fourth-order valence-corrected chi connectivity index (χ4v) is 1.29. The van der Waals surface area contributed by atoms with Crippen LogP contribution in [0.4, 0.5) is 0 Å². The Kier molecular flexibility index (Phi) is 2.85. The van der Waals surface area contributed by atoms with Gasteiger partial charge in [0, 0.05) is 5.41 Å². The van der Waals surface area contributed by atoms with Crippen molar-refractivity contribution in [3.8, 4) is 0 Å². The minimum absolute atomic E-state index is 0.828. The smallest absolute Gasteiger partial charge is 0.225 e. The SMILES string of the molecule is Cc1cccc(/C=C/S(N)(=O)=O)c1. The monoisotopic (exact) mass is 197 g/mol. The Morgan fingerprint density at radius 3 is 2.62 bits per heavy atom. The van der Waals surface area contributed by atoms with Crippen LogP contribution in [0.5, 0.6) is 0 Å². The molecular formula is C9H11NO2S. The van der Waals surface area contributed by atoms with Gasteiger partial charge in [-0.3, -0.25) is 0 Å². The second-order valence-corrected chi connectivity index (χ2v) is 4.26. The minimum Gasteiger partial charge on any atom is -0.225 e. The maximum Gasteiger partial charge on any atom is 0.231 e. The summed E-state index contributed by atoms with van der Waals surface area (Å²) in [4.78, 5) is 0. The maximum atomic E-state index is 10.6. The van der Waals surface area contributed by atoms with Crippen molar-refractivity contribution in [1.29, 1.82) is 0 Å². The summed E-state index contributed by atoms with van der Waals surface area (Å²) in [6.45, 7) is 1.94. The Bertz CT molecular complexity index is 421. The molecule has 0 aliphatic rings. The molecule has 13 heavy (non-hydrogen) atoms. The van der Waals surface area contributed by atoms with E-state index in [9.17, 15) is 8.42 Å². The van der Waals surface area contributed by atoms with E-state index in [-0.39, 0.29) is 0 Å². The molecule has 0 aliphatic carbocycles. The van der Waals surface area contributed by atoms with Crippen LogP contribution in [0.25, 0.3) is 6.08 Å². The third-order valence-electron chi connectivity index (χ3n) is 1.49. The van der Waals surface area contributed by atoms with Gasteiger partial charge in [-0.05, 0) is 18.6 Å². The maximum absolute atomic E-state index is 10.6. The zero-order valence-corrected chi connectivity index (χ0v) is 8.08. The third-order valence-corrected chi connectivity index (χ3v) is 2.01. The van der Waals surface area contributed by atoms with Crippen LogP contribution in [0.1, 0.15) is 11.1 Å². The van der Waals surface area contributed by atoms with Gasteiger partial charge in [0.1, 0.15) is 0 Å². The standard InChI is InChI=1S/C9H11NO2S/c1-8-3-2-4-9(7-8)5-6-13(10,11)12/h2-7H,1H3,(H2,10,11,12)/b6-5+. The summed E-state index contributed by atoms with van der Waals surface area (Å²) in [6.07, 6.45) is 1.47. The normalized spacial score (nSPS) is 12.2. The molecule has 3 nitrogen and oxygen atoms in total. The van der Waals surface area contributed by atoms with Crippen LogP contribution in [0.3, 0.4) is 0 Å². The van der Waals surface area contributed by atoms with Crippen molar-refractivity contribution in [1.82, 2.24) is 0 Å². The van der Waals surface area contributed by atoms with Gasteiger partial charge in [0.05, 0.1) is 0 Å². The van der Waals surface area contributed by atoms with Gasteiger partial charge >= 0.3 is 0 Å². The van der Waals surface area contributed by atoms with Crippen LogP contribution in [0.15, 0.2) is 29.7 Å². The first-order valence-corrected chi connectivity index (χ1v) is 5.36. The first kappa shape index (κ1) is 9.95. The molecule has 0 saturated carbocycles. The number of primary sulfonamides is 1. The molecule has 0 aromatic heterocycles. The molecule has 0 heterocycles. The van der Waals surface area contributed by atoms with Crippen LogP contribution >= 0.6 is 0 Å². The number of nitrogens with two attached hydrogens (primary N) is 1. The van der Waals surface area contributed by atoms with E-state index < -0.39 is 10.0 Å². The van der Waals surface area contributed by atoms with E-state index in [4.69, 9.17) is 5.14 Å². The molecule has 0 aliphatic heterocycles. The molecule has 0 unspecified atom stereocenters. The van der Waals surface area contributed by atoms with Crippen LogP contribution < -0.4 is 5.14 Å². The summed E-state index contributed by atoms with van der Waals surface area (Å²) in [5.74, 6) is 0. The summed E-state index contributed by atoms with van der Waals surface area (Å²) in [6, 6.07) is 7.49. The number of hydrogen-bond acceptors (Lipinski definition) is 2. The van der Waals surface area contributed by atoms with Crippen molar-refractivity contribution in [2.45, 2.75) is 6.92 Å². The molecule has 0 spiro atoms. The summed E-state index contributed by atoms with van der Waals surface area (Å²) in [7, 11) is -3.52. The Hall–Kier alpha value is -1.13. The Labute approximate surface area is 77.9 Å². The van der Waals surface area contributed by atoms with Crippen molar-refractivity contribution in [3.63, 3.8) is 0 Å². The van der Waals surface area contributed by atoms with Gasteiger partial charge in [0.2, 0.25) is 10.0 Å². The predicted molar refractivity (Wildman–Crippen MR) is 53.3 cm³/mol. The molecule has 1 aromatic carbocycles. The molecule has 0 fully saturated rings. The minimum atomic E-state index is -3.52. The summed E-state index contributed by atoms with van der Waals surface area (Å²) < 4.78 is 21.2. The number of aryl methyl sites for hydroxylation is 1. The van der Waals surface area contributed by atoms with Crippen molar-refractivity contribution < 1.29 is 8.42 Å². The molecule has 1 aromatic rings. The third kappa shape index (κ3) is 3.87. The van der Waals surface area contributed by atoms with Crippen LogP contribution in [-0.4, -0.2) is 8.42 Å². The summed E-state index contributed by atoms with van der Waals surface area (Å²) in [5, 5.41) is 5.79. The quantitative estimate of drug-likeness (QED) is 0.775. The van der Waals surface area contributed by atoms with E-state index in [2.05, 4.69) is 0 Å². The van der Waals surface area contributed by atoms with Gasteiger partial charge in [-0.25, -0.2) is 13.6 Å². The molecule has 0 atom stereocenters. The molecule has 1 rings (SSSR count). The average molecular weight is 197 g/mol. The van der Waals surface area contributed by atoms with E-state index in [1.807, 2.05) is 31.2 Å². The average Bonchev–Trinajstić information content (AvgIpc) is 2.00. The number of benzene rings is 1. The zero-order valence-electron chi connectivity index (χ0n) is 7.27. The topological polar surface area (TPSA) is 60.2 Å². The second kappa shape index (κ2) is 3.72. The fraction of sp³-hybridized carbons (Fsp3) is 0.111. The van der Waals surface area contributed by atoms with Crippen molar-refractivity contribution in [3.05, 3.63) is 40.8 Å². The largest absolute Gasteiger partial charge is 0.231 e. The lowest BCUT2D eigenvalue weighted by molar-refractivity contribution is 0.606. The van der Waals surface area contributed by atoms with E-state index in [1.54, 1.807) is 0 Å². The molecule has 70 valence electrons.